The summed E-state index contributed by atoms with van der Waals surface area (Å²) in [6, 6.07) is 7.54. The minimum absolute atomic E-state index is 0.0880. The van der Waals surface area contributed by atoms with Gasteiger partial charge in [-0.15, -0.1) is 0 Å². The number of rotatable bonds is 4. The lowest BCUT2D eigenvalue weighted by molar-refractivity contribution is -0.122. The highest BCUT2D eigenvalue weighted by Gasteiger charge is 2.29. The predicted octanol–water partition coefficient (Wildman–Crippen LogP) is 0.758. The Labute approximate surface area is 124 Å². The van der Waals surface area contributed by atoms with Crippen LogP contribution in [0.3, 0.4) is 0 Å². The van der Waals surface area contributed by atoms with E-state index in [1.54, 1.807) is 0 Å². The van der Waals surface area contributed by atoms with E-state index in [1.807, 2.05) is 29.2 Å². The van der Waals surface area contributed by atoms with Gasteiger partial charge in [-0.25, -0.2) is 0 Å². The summed E-state index contributed by atoms with van der Waals surface area (Å²) < 4.78 is 0. The maximum absolute atomic E-state index is 12.3. The zero-order chi connectivity index (χ0) is 14.7. The number of hydrogen-bond acceptors (Lipinski definition) is 3. The Balaban J connectivity index is 1.55. The topological polar surface area (TPSA) is 61.4 Å². The van der Waals surface area contributed by atoms with Crippen LogP contribution >= 0.6 is 0 Å². The molecule has 5 heteroatoms. The summed E-state index contributed by atoms with van der Waals surface area (Å²) in [7, 11) is 0. The van der Waals surface area contributed by atoms with Crippen molar-refractivity contribution in [3.05, 3.63) is 35.4 Å². The molecule has 112 valence electrons. The van der Waals surface area contributed by atoms with Crippen LogP contribution in [0, 0.1) is 5.92 Å². The Morgan fingerprint density at radius 1 is 1.14 bits per heavy atom. The maximum Gasteiger partial charge on any atom is 0.253 e. The van der Waals surface area contributed by atoms with Gasteiger partial charge in [0.05, 0.1) is 0 Å². The van der Waals surface area contributed by atoms with Gasteiger partial charge in [0.25, 0.3) is 5.91 Å². The number of carbonyl (C=O) groups is 2. The van der Waals surface area contributed by atoms with E-state index in [2.05, 4.69) is 10.6 Å². The quantitative estimate of drug-likeness (QED) is 0.859. The van der Waals surface area contributed by atoms with Crippen molar-refractivity contribution in [2.75, 3.05) is 26.2 Å². The predicted molar refractivity (Wildman–Crippen MR) is 79.8 cm³/mol. The molecule has 0 atom stereocenters. The molecule has 2 aliphatic rings. The van der Waals surface area contributed by atoms with Crippen LogP contribution in [-0.4, -0.2) is 42.9 Å². The first-order chi connectivity index (χ1) is 10.2. The molecule has 0 radical (unpaired) electrons. The van der Waals surface area contributed by atoms with Crippen molar-refractivity contribution < 1.29 is 9.59 Å². The molecule has 1 aromatic rings. The second kappa shape index (κ2) is 6.26. The van der Waals surface area contributed by atoms with E-state index in [0.717, 1.165) is 44.6 Å². The minimum atomic E-state index is 0.0880. The van der Waals surface area contributed by atoms with Gasteiger partial charge >= 0.3 is 0 Å². The van der Waals surface area contributed by atoms with Gasteiger partial charge in [0.15, 0.2) is 0 Å². The van der Waals surface area contributed by atoms with Gasteiger partial charge in [-0.2, -0.15) is 0 Å². The van der Waals surface area contributed by atoms with Crippen molar-refractivity contribution in [2.45, 2.75) is 19.4 Å². The fourth-order valence-electron chi connectivity index (χ4n) is 2.49. The van der Waals surface area contributed by atoms with Gasteiger partial charge in [0.2, 0.25) is 5.91 Å². The molecule has 3 rings (SSSR count). The largest absolute Gasteiger partial charge is 0.352 e. The molecule has 1 aliphatic carbocycles. The molecule has 0 aromatic heterocycles. The van der Waals surface area contributed by atoms with Crippen molar-refractivity contribution in [3.8, 4) is 0 Å². The lowest BCUT2D eigenvalue weighted by Crippen LogP contribution is -2.46. The molecule has 1 heterocycles. The lowest BCUT2D eigenvalue weighted by atomic mass is 10.1. The van der Waals surface area contributed by atoms with Gasteiger partial charge < -0.3 is 15.5 Å². The number of nitrogens with one attached hydrogen (secondary N) is 2. The van der Waals surface area contributed by atoms with Crippen LogP contribution in [-0.2, 0) is 11.3 Å². The van der Waals surface area contributed by atoms with Gasteiger partial charge in [-0.1, -0.05) is 12.1 Å². The number of hydrogen-bond donors (Lipinski definition) is 2. The van der Waals surface area contributed by atoms with E-state index in [-0.39, 0.29) is 17.7 Å². The smallest absolute Gasteiger partial charge is 0.253 e. The molecule has 21 heavy (non-hydrogen) atoms. The van der Waals surface area contributed by atoms with Crippen molar-refractivity contribution in [2.24, 2.45) is 5.92 Å². The first-order valence-corrected chi connectivity index (χ1v) is 7.61. The summed E-state index contributed by atoms with van der Waals surface area (Å²) in [5.74, 6) is 0.472. The molecule has 2 N–H and O–H groups in total. The van der Waals surface area contributed by atoms with Crippen LogP contribution in [0.4, 0.5) is 0 Å². The van der Waals surface area contributed by atoms with Gasteiger partial charge in [-0.05, 0) is 30.5 Å². The van der Waals surface area contributed by atoms with Gasteiger partial charge in [-0.3, -0.25) is 9.59 Å². The third-order valence-electron chi connectivity index (χ3n) is 4.02. The van der Waals surface area contributed by atoms with Crippen molar-refractivity contribution in [1.82, 2.24) is 15.5 Å². The third kappa shape index (κ3) is 3.61. The molecule has 1 aromatic carbocycles. The third-order valence-corrected chi connectivity index (χ3v) is 4.02. The first kappa shape index (κ1) is 14.1. The van der Waals surface area contributed by atoms with Gasteiger partial charge in [0, 0.05) is 44.2 Å². The van der Waals surface area contributed by atoms with Crippen LogP contribution in [0.15, 0.2) is 24.3 Å². The number of benzene rings is 1. The zero-order valence-corrected chi connectivity index (χ0v) is 12.1. The van der Waals surface area contributed by atoms with Crippen molar-refractivity contribution >= 4 is 11.8 Å². The van der Waals surface area contributed by atoms with Crippen LogP contribution < -0.4 is 10.6 Å². The molecule has 5 nitrogen and oxygen atoms in total. The van der Waals surface area contributed by atoms with E-state index in [4.69, 9.17) is 0 Å². The van der Waals surface area contributed by atoms with Crippen LogP contribution in [0.5, 0.6) is 0 Å². The fraction of sp³-hybridized carbons (Fsp3) is 0.500. The normalized spacial score (nSPS) is 18.4. The zero-order valence-electron chi connectivity index (χ0n) is 12.1. The average Bonchev–Trinajstić information content (AvgIpc) is 3.38. The van der Waals surface area contributed by atoms with Crippen molar-refractivity contribution in [3.63, 3.8) is 0 Å². The molecule has 1 aliphatic heterocycles. The second-order valence-corrected chi connectivity index (χ2v) is 5.73. The molecule has 0 bridgehead atoms. The Morgan fingerprint density at radius 2 is 1.81 bits per heavy atom. The first-order valence-electron chi connectivity index (χ1n) is 7.61. The average molecular weight is 287 g/mol. The van der Waals surface area contributed by atoms with E-state index in [0.29, 0.717) is 12.1 Å². The Kier molecular flexibility index (Phi) is 4.20. The Hall–Kier alpha value is -1.88. The highest BCUT2D eigenvalue weighted by molar-refractivity contribution is 5.94. The second-order valence-electron chi connectivity index (χ2n) is 5.73. The lowest BCUT2D eigenvalue weighted by Gasteiger charge is -2.27. The number of amides is 2. The van der Waals surface area contributed by atoms with E-state index >= 15 is 0 Å². The van der Waals surface area contributed by atoms with Crippen LogP contribution in [0.1, 0.15) is 28.8 Å². The summed E-state index contributed by atoms with van der Waals surface area (Å²) in [4.78, 5) is 25.8. The maximum atomic E-state index is 12.3. The summed E-state index contributed by atoms with van der Waals surface area (Å²) in [6.45, 7) is 3.78. The molecular weight excluding hydrogens is 266 g/mol. The monoisotopic (exact) mass is 287 g/mol. The fourth-order valence-corrected chi connectivity index (χ4v) is 2.49. The number of carbonyl (C=O) groups excluding carboxylic acids is 2. The number of nitrogens with zero attached hydrogens (tertiary/aromatic N) is 1. The van der Waals surface area contributed by atoms with Gasteiger partial charge in [0.1, 0.15) is 0 Å². The SMILES string of the molecule is O=C(NCc1ccc(C(=O)N2CCNCC2)cc1)C1CC1. The summed E-state index contributed by atoms with van der Waals surface area (Å²) in [5.41, 5.74) is 1.75. The van der Waals surface area contributed by atoms with E-state index in [9.17, 15) is 9.59 Å². The van der Waals surface area contributed by atoms with Crippen molar-refractivity contribution in [1.29, 1.82) is 0 Å². The highest BCUT2D eigenvalue weighted by atomic mass is 16.2. The summed E-state index contributed by atoms with van der Waals surface area (Å²) in [5, 5.41) is 6.17. The molecule has 0 unspecified atom stereocenters. The summed E-state index contributed by atoms with van der Waals surface area (Å²) >= 11 is 0. The van der Waals surface area contributed by atoms with Crippen LogP contribution in [0.2, 0.25) is 0 Å². The molecule has 1 saturated heterocycles. The molecular formula is C16H21N3O2. The molecule has 0 spiro atoms. The van der Waals surface area contributed by atoms with Crippen LogP contribution in [0.25, 0.3) is 0 Å². The molecule has 1 saturated carbocycles. The molecule has 2 amide bonds. The summed E-state index contributed by atoms with van der Waals surface area (Å²) in [6.07, 6.45) is 2.04. The van der Waals surface area contributed by atoms with E-state index in [1.165, 1.54) is 0 Å². The standard InChI is InChI=1S/C16H21N3O2/c20-15(13-5-6-13)18-11-12-1-3-14(4-2-12)16(21)19-9-7-17-8-10-19/h1-4,13,17H,5-11H2,(H,18,20). The van der Waals surface area contributed by atoms with E-state index < -0.39 is 0 Å². The Bertz CT molecular complexity index is 517. The Morgan fingerprint density at radius 3 is 2.43 bits per heavy atom. The highest BCUT2D eigenvalue weighted by Crippen LogP contribution is 2.28. The minimum Gasteiger partial charge on any atom is -0.352 e. The molecule has 2 fully saturated rings. The number of piperazine rings is 1.